The average Bonchev–Trinajstić information content (AvgIpc) is 1.35. The Hall–Kier alpha value is 0.870. The van der Waals surface area contributed by atoms with Crippen molar-refractivity contribution in [2.45, 2.75) is 0 Å². The molecule has 0 atom stereocenters. The van der Waals surface area contributed by atoms with Crippen LogP contribution in [0.5, 0.6) is 0 Å². The molecule has 0 spiro atoms. The summed E-state index contributed by atoms with van der Waals surface area (Å²) in [7, 11) is 0. The van der Waals surface area contributed by atoms with Gasteiger partial charge in [0, 0.05) is 0 Å². The van der Waals surface area contributed by atoms with Gasteiger partial charge >= 0.3 is 65.3 Å². The van der Waals surface area contributed by atoms with Gasteiger partial charge < -0.3 is 7.96 Å². The topological polar surface area (TPSA) is 76.0 Å². The number of carboxylic acid groups (broad SMARTS) is 1. The fourth-order valence-corrected chi connectivity index (χ4v) is 0.0319. The molecule has 0 saturated heterocycles. The molecule has 7 heteroatoms. The van der Waals surface area contributed by atoms with E-state index in [-0.39, 0.29) is 62.0 Å². The smallest absolute Gasteiger partial charge is 1.00 e. The molecular weight excluding hydrogens is 136 g/mol. The van der Waals surface area contributed by atoms with Crippen molar-refractivity contribution in [3.63, 3.8) is 0 Å². The van der Waals surface area contributed by atoms with E-state index in [1.54, 1.807) is 5.34 Å². The van der Waals surface area contributed by atoms with Crippen LogP contribution in [0.25, 0.3) is 0 Å². The van der Waals surface area contributed by atoms with Crippen molar-refractivity contribution < 1.29 is 76.7 Å². The summed E-state index contributed by atoms with van der Waals surface area (Å²) in [6.07, 6.45) is -1.69. The first-order chi connectivity index (χ1) is 2.77. The summed E-state index contributed by atoms with van der Waals surface area (Å²) in [6.45, 7) is 0. The maximum atomic E-state index is 9.08. The summed E-state index contributed by atoms with van der Waals surface area (Å²) >= 11 is 0. The maximum absolute atomic E-state index is 9.08. The van der Waals surface area contributed by atoms with Crippen molar-refractivity contribution in [3.05, 3.63) is 4.91 Å². The summed E-state index contributed by atoms with van der Waals surface area (Å²) in [5.41, 5.74) is 0. The van der Waals surface area contributed by atoms with Crippen LogP contribution in [0.3, 0.4) is 0 Å². The monoisotopic (exact) mass is 139 g/mol. The summed E-state index contributed by atoms with van der Waals surface area (Å²) < 4.78 is 0. The third-order valence-corrected chi connectivity index (χ3v) is 0.115. The van der Waals surface area contributed by atoms with E-state index in [1.165, 1.54) is 0 Å². The molecule has 0 heterocycles. The molecule has 0 amide bonds. The van der Waals surface area contributed by atoms with E-state index in [1.807, 2.05) is 0 Å². The minimum atomic E-state index is -1.69. The fraction of sp³-hybridized carbons (Fsp3) is 0. The van der Waals surface area contributed by atoms with Crippen LogP contribution in [0, 0.1) is 4.91 Å². The van der Waals surface area contributed by atoms with Gasteiger partial charge in [-0.2, -0.15) is 0 Å². The van der Waals surface area contributed by atoms with Crippen LogP contribution in [0.4, 0.5) is 4.79 Å². The molecule has 0 bridgehead atoms. The Labute approximate surface area is 92.3 Å². The van der Waals surface area contributed by atoms with E-state index in [0.29, 0.717) is 0 Å². The largest absolute Gasteiger partial charge is 1.00 e. The van der Waals surface area contributed by atoms with Gasteiger partial charge in [0.05, 0.1) is 0 Å². The van der Waals surface area contributed by atoms with Gasteiger partial charge in [-0.15, -0.1) is 4.91 Å². The van der Waals surface area contributed by atoms with Crippen LogP contribution in [0.15, 0.2) is 5.34 Å². The first-order valence-corrected chi connectivity index (χ1v) is 0.997. The predicted molar refractivity (Wildman–Crippen MR) is 17.1 cm³/mol. The first-order valence-electron chi connectivity index (χ1n) is 0.997. The molecule has 0 aliphatic carbocycles. The Bertz CT molecular complexity index is 81.7. The minimum absolute atomic E-state index is 0. The molecular formula is CH3NNa2O4. The zero-order valence-corrected chi connectivity index (χ0v) is 8.62. The van der Waals surface area contributed by atoms with Gasteiger partial charge in [0.1, 0.15) is 0 Å². The quantitative estimate of drug-likeness (QED) is 0.223. The van der Waals surface area contributed by atoms with Crippen molar-refractivity contribution in [2.75, 3.05) is 0 Å². The second-order valence-electron chi connectivity index (χ2n) is 0.432. The van der Waals surface area contributed by atoms with E-state index in [0.717, 1.165) is 0 Å². The second-order valence-corrected chi connectivity index (χ2v) is 0.432. The van der Waals surface area contributed by atoms with Gasteiger partial charge in [0.2, 0.25) is 0 Å². The first kappa shape index (κ1) is 15.9. The van der Waals surface area contributed by atoms with Crippen LogP contribution in [0.2, 0.25) is 0 Å². The fourth-order valence-electron chi connectivity index (χ4n) is 0.0319. The van der Waals surface area contributed by atoms with Crippen LogP contribution >= 0.6 is 0 Å². The van der Waals surface area contributed by atoms with Crippen LogP contribution in [-0.4, -0.2) is 11.3 Å². The second kappa shape index (κ2) is 10.8. The van der Waals surface area contributed by atoms with Crippen molar-refractivity contribution in [2.24, 2.45) is 5.34 Å². The summed E-state index contributed by atoms with van der Waals surface area (Å²) in [5, 5.41) is 8.98. The number of nitrogens with zero attached hydrogens (tertiary/aromatic N) is 1. The molecule has 0 rings (SSSR count). The molecule has 0 aromatic heterocycles. The van der Waals surface area contributed by atoms with Crippen LogP contribution < -0.4 is 59.1 Å². The molecule has 0 aliphatic heterocycles. The van der Waals surface area contributed by atoms with E-state index >= 15 is 0 Å². The zero-order valence-electron chi connectivity index (χ0n) is 6.62. The molecule has 0 radical (unpaired) electrons. The van der Waals surface area contributed by atoms with Gasteiger partial charge in [0.25, 0.3) is 0 Å². The average molecular weight is 139 g/mol. The summed E-state index contributed by atoms with van der Waals surface area (Å²) in [6, 6.07) is 0. The molecule has 0 saturated carbocycles. The molecule has 0 aromatic carbocycles. The van der Waals surface area contributed by atoms with Crippen LogP contribution in [-0.2, 0) is 4.84 Å². The molecule has 8 heavy (non-hydrogen) atoms. The Kier molecular flexibility index (Phi) is 21.5. The van der Waals surface area contributed by atoms with Crippen molar-refractivity contribution in [1.29, 1.82) is 0 Å². The minimum Gasteiger partial charge on any atom is -1.00 e. The molecule has 0 fully saturated rings. The third-order valence-electron chi connectivity index (χ3n) is 0.115. The standard InChI is InChI=1S/CHNO4.2Na.2H/c3-1(4)6-2-5;;;;/h(H,3,4);;;;/q;2*+1;2*-1. The predicted octanol–water partition coefficient (Wildman–Crippen LogP) is -5.40. The molecule has 38 valence electrons. The van der Waals surface area contributed by atoms with Crippen molar-refractivity contribution >= 4 is 6.16 Å². The normalized spacial score (nSPS) is 5.00. The zero-order chi connectivity index (χ0) is 4.99. The molecule has 0 aliphatic rings. The van der Waals surface area contributed by atoms with Gasteiger partial charge in [-0.05, 0) is 0 Å². The van der Waals surface area contributed by atoms with E-state index in [2.05, 4.69) is 4.84 Å². The summed E-state index contributed by atoms with van der Waals surface area (Å²) in [4.78, 5) is 20.9. The van der Waals surface area contributed by atoms with E-state index < -0.39 is 6.16 Å². The van der Waals surface area contributed by atoms with Crippen molar-refractivity contribution in [3.8, 4) is 0 Å². The van der Waals surface area contributed by atoms with Gasteiger partial charge in [-0.25, -0.2) is 9.63 Å². The number of rotatable bonds is 1. The Morgan fingerprint density at radius 3 is 2.00 bits per heavy atom. The van der Waals surface area contributed by atoms with Gasteiger partial charge in [-0.3, -0.25) is 0 Å². The molecule has 1 N–H and O–H groups in total. The van der Waals surface area contributed by atoms with E-state index in [9.17, 15) is 0 Å². The molecule has 0 unspecified atom stereocenters. The van der Waals surface area contributed by atoms with Crippen LogP contribution in [0.1, 0.15) is 2.85 Å². The number of hydrogen-bond acceptors (Lipinski definition) is 4. The van der Waals surface area contributed by atoms with Gasteiger partial charge in [-0.1, -0.05) is 0 Å². The van der Waals surface area contributed by atoms with Crippen molar-refractivity contribution in [1.82, 2.24) is 0 Å². The Morgan fingerprint density at radius 2 is 2.00 bits per heavy atom. The number of carbonyl (C=O) groups is 1. The molecule has 0 aromatic rings. The Balaban J connectivity index is -0.0000000208. The molecule has 5 nitrogen and oxygen atoms in total. The third kappa shape index (κ3) is 15.8. The SMILES string of the molecule is O=NOC(=O)O.[H-].[H-].[Na+].[Na+]. The van der Waals surface area contributed by atoms with Gasteiger partial charge in [0.15, 0.2) is 5.34 Å². The maximum Gasteiger partial charge on any atom is 1.00 e. The van der Waals surface area contributed by atoms with E-state index in [4.69, 9.17) is 14.8 Å². The number of hydrogen-bond donors (Lipinski definition) is 1. The Morgan fingerprint density at radius 1 is 1.62 bits per heavy atom. The summed E-state index contributed by atoms with van der Waals surface area (Å²) in [5.74, 6) is 0.